The number of primary amides is 1. The summed E-state index contributed by atoms with van der Waals surface area (Å²) < 4.78 is 5.37. The molecule has 1 atom stereocenters. The number of hydrogen-bond acceptors (Lipinski definition) is 4. The quantitative estimate of drug-likeness (QED) is 0.600. The third-order valence-electron chi connectivity index (χ3n) is 4.29. The topological polar surface area (TPSA) is 87.1 Å². The molecule has 0 aliphatic carbocycles. The Kier molecular flexibility index (Phi) is 6.04. The first kappa shape index (κ1) is 17.3. The second-order valence-electron chi connectivity index (χ2n) is 5.84. The summed E-state index contributed by atoms with van der Waals surface area (Å²) in [6, 6.07) is 3.91. The molecule has 7 heteroatoms. The second-order valence-corrected chi connectivity index (χ2v) is 5.84. The number of likely N-dealkylation sites (N-methyl/N-ethyl adjacent to an activating group) is 2. The predicted octanol–water partition coefficient (Wildman–Crippen LogP) is 0.870. The molecule has 0 aromatic carbocycles. The molecular weight excluding hydrogens is 294 g/mol. The fourth-order valence-electron chi connectivity index (χ4n) is 3.08. The number of carbonyl (C=O) groups is 1. The molecule has 23 heavy (non-hydrogen) atoms. The van der Waals surface area contributed by atoms with E-state index in [9.17, 15) is 4.79 Å². The second kappa shape index (κ2) is 8.01. The lowest BCUT2D eigenvalue weighted by Crippen LogP contribution is -2.45. The van der Waals surface area contributed by atoms with Crippen LogP contribution in [0.3, 0.4) is 0 Å². The van der Waals surface area contributed by atoms with Crippen LogP contribution >= 0.6 is 0 Å². The standard InChI is InChI=1S/C16H27N5O2/c1-4-21-9-5-6-12(21)11-20(3)16(18-2)19-10-13-7-8-14(23-13)15(17)22/h7-8,12H,4-6,9-11H2,1-3H3,(H2,17,22)(H,18,19). The van der Waals surface area contributed by atoms with Crippen molar-refractivity contribution in [3.05, 3.63) is 23.7 Å². The zero-order valence-electron chi connectivity index (χ0n) is 14.2. The molecule has 1 aromatic heterocycles. The minimum absolute atomic E-state index is 0.176. The van der Waals surface area contributed by atoms with Crippen LogP contribution in [0.25, 0.3) is 0 Å². The zero-order valence-corrected chi connectivity index (χ0v) is 14.2. The number of aliphatic imine (C=N–C) groups is 1. The Hall–Kier alpha value is -2.02. The number of rotatable bonds is 6. The molecule has 128 valence electrons. The Bertz CT molecular complexity index is 554. The summed E-state index contributed by atoms with van der Waals surface area (Å²) in [5.41, 5.74) is 5.19. The zero-order chi connectivity index (χ0) is 16.8. The number of nitrogens with one attached hydrogen (secondary N) is 1. The first-order chi connectivity index (χ1) is 11.0. The number of nitrogens with two attached hydrogens (primary N) is 1. The lowest BCUT2D eigenvalue weighted by molar-refractivity contribution is 0.0972. The van der Waals surface area contributed by atoms with Crippen molar-refractivity contribution in [2.45, 2.75) is 32.4 Å². The largest absolute Gasteiger partial charge is 0.454 e. The SMILES string of the molecule is CCN1CCCC1CN(C)C(=NC)NCc1ccc(C(N)=O)o1. The third kappa shape index (κ3) is 4.48. The van der Waals surface area contributed by atoms with Crippen molar-refractivity contribution < 1.29 is 9.21 Å². The molecule has 0 saturated carbocycles. The average Bonchev–Trinajstić information content (AvgIpc) is 3.16. The van der Waals surface area contributed by atoms with Crippen LogP contribution in [0.1, 0.15) is 36.1 Å². The van der Waals surface area contributed by atoms with E-state index >= 15 is 0 Å². The van der Waals surface area contributed by atoms with Crippen molar-refractivity contribution in [1.82, 2.24) is 15.1 Å². The summed E-state index contributed by atoms with van der Waals surface area (Å²) in [7, 11) is 3.81. The lowest BCUT2D eigenvalue weighted by Gasteiger charge is -2.29. The van der Waals surface area contributed by atoms with Gasteiger partial charge in [0.1, 0.15) is 5.76 Å². The molecule has 0 bridgehead atoms. The molecule has 2 heterocycles. The van der Waals surface area contributed by atoms with Crippen molar-refractivity contribution in [2.24, 2.45) is 10.7 Å². The monoisotopic (exact) mass is 321 g/mol. The van der Waals surface area contributed by atoms with Gasteiger partial charge < -0.3 is 20.4 Å². The summed E-state index contributed by atoms with van der Waals surface area (Å²) in [6.45, 7) is 5.89. The van der Waals surface area contributed by atoms with E-state index in [-0.39, 0.29) is 5.76 Å². The van der Waals surface area contributed by atoms with Crippen molar-refractivity contribution in [2.75, 3.05) is 33.7 Å². The highest BCUT2D eigenvalue weighted by atomic mass is 16.3. The van der Waals surface area contributed by atoms with Crippen LogP contribution in [0.2, 0.25) is 0 Å². The Balaban J connectivity index is 1.87. The van der Waals surface area contributed by atoms with E-state index in [0.29, 0.717) is 18.3 Å². The summed E-state index contributed by atoms with van der Waals surface area (Å²) in [4.78, 5) is 20.0. The minimum atomic E-state index is -0.557. The maximum absolute atomic E-state index is 11.0. The molecule has 2 rings (SSSR count). The van der Waals surface area contributed by atoms with E-state index in [2.05, 4.69) is 27.0 Å². The molecule has 1 unspecified atom stereocenters. The van der Waals surface area contributed by atoms with E-state index in [1.54, 1.807) is 19.2 Å². The normalized spacial score (nSPS) is 19.1. The van der Waals surface area contributed by atoms with Crippen LogP contribution in [0.4, 0.5) is 0 Å². The molecule has 0 spiro atoms. The van der Waals surface area contributed by atoms with Gasteiger partial charge >= 0.3 is 0 Å². The third-order valence-corrected chi connectivity index (χ3v) is 4.29. The maximum atomic E-state index is 11.0. The average molecular weight is 321 g/mol. The number of likely N-dealkylation sites (tertiary alicyclic amines) is 1. The van der Waals surface area contributed by atoms with Gasteiger partial charge in [0, 0.05) is 26.7 Å². The van der Waals surface area contributed by atoms with Crippen molar-refractivity contribution >= 4 is 11.9 Å². The predicted molar refractivity (Wildman–Crippen MR) is 90.3 cm³/mol. The van der Waals surface area contributed by atoms with Crippen molar-refractivity contribution in [1.29, 1.82) is 0 Å². The van der Waals surface area contributed by atoms with Gasteiger partial charge in [0.25, 0.3) is 5.91 Å². The number of carbonyl (C=O) groups excluding carboxylic acids is 1. The summed E-state index contributed by atoms with van der Waals surface area (Å²) in [5, 5.41) is 3.26. The van der Waals surface area contributed by atoms with Gasteiger partial charge in [-0.15, -0.1) is 0 Å². The van der Waals surface area contributed by atoms with Gasteiger partial charge in [0.2, 0.25) is 0 Å². The molecule has 1 aliphatic heterocycles. The first-order valence-corrected chi connectivity index (χ1v) is 8.09. The van der Waals surface area contributed by atoms with Gasteiger partial charge in [0.05, 0.1) is 6.54 Å². The van der Waals surface area contributed by atoms with Crippen LogP contribution in [0.15, 0.2) is 21.5 Å². The smallest absolute Gasteiger partial charge is 0.284 e. The molecular formula is C16H27N5O2. The molecule has 1 amide bonds. The molecule has 1 aromatic rings. The Morgan fingerprint density at radius 2 is 2.35 bits per heavy atom. The molecule has 0 radical (unpaired) electrons. The van der Waals surface area contributed by atoms with Crippen molar-refractivity contribution in [3.63, 3.8) is 0 Å². The van der Waals surface area contributed by atoms with Gasteiger partial charge in [-0.1, -0.05) is 6.92 Å². The van der Waals surface area contributed by atoms with Crippen LogP contribution in [0, 0.1) is 0 Å². The number of furan rings is 1. The Morgan fingerprint density at radius 3 is 2.96 bits per heavy atom. The summed E-state index contributed by atoms with van der Waals surface area (Å²) >= 11 is 0. The fourth-order valence-corrected chi connectivity index (χ4v) is 3.08. The van der Waals surface area contributed by atoms with Gasteiger partial charge in [-0.05, 0) is 38.1 Å². The fraction of sp³-hybridized carbons (Fsp3) is 0.625. The van der Waals surface area contributed by atoms with Crippen LogP contribution in [-0.4, -0.2) is 61.4 Å². The molecule has 3 N–H and O–H groups in total. The maximum Gasteiger partial charge on any atom is 0.284 e. The van der Waals surface area contributed by atoms with Gasteiger partial charge in [-0.3, -0.25) is 14.7 Å². The molecule has 1 saturated heterocycles. The number of hydrogen-bond donors (Lipinski definition) is 2. The molecule has 1 aliphatic rings. The highest BCUT2D eigenvalue weighted by molar-refractivity contribution is 5.89. The highest BCUT2D eigenvalue weighted by Crippen LogP contribution is 2.17. The van der Waals surface area contributed by atoms with Gasteiger partial charge in [-0.25, -0.2) is 0 Å². The summed E-state index contributed by atoms with van der Waals surface area (Å²) in [5.74, 6) is 1.09. The minimum Gasteiger partial charge on any atom is -0.454 e. The number of amides is 1. The van der Waals surface area contributed by atoms with E-state index in [0.717, 1.165) is 19.0 Å². The Labute approximate surface area is 137 Å². The van der Waals surface area contributed by atoms with Crippen molar-refractivity contribution in [3.8, 4) is 0 Å². The summed E-state index contributed by atoms with van der Waals surface area (Å²) in [6.07, 6.45) is 2.50. The number of guanidine groups is 1. The highest BCUT2D eigenvalue weighted by Gasteiger charge is 2.24. The van der Waals surface area contributed by atoms with Crippen LogP contribution in [0.5, 0.6) is 0 Å². The van der Waals surface area contributed by atoms with E-state index in [1.165, 1.54) is 19.4 Å². The number of nitrogens with zero attached hydrogens (tertiary/aromatic N) is 3. The van der Waals surface area contributed by atoms with Crippen LogP contribution < -0.4 is 11.1 Å². The first-order valence-electron chi connectivity index (χ1n) is 8.09. The Morgan fingerprint density at radius 1 is 1.57 bits per heavy atom. The molecule has 1 fully saturated rings. The van der Waals surface area contributed by atoms with E-state index in [1.807, 2.05) is 7.05 Å². The molecule has 7 nitrogen and oxygen atoms in total. The van der Waals surface area contributed by atoms with E-state index in [4.69, 9.17) is 10.2 Å². The van der Waals surface area contributed by atoms with Gasteiger partial charge in [-0.2, -0.15) is 0 Å². The lowest BCUT2D eigenvalue weighted by atomic mass is 10.2. The van der Waals surface area contributed by atoms with Crippen LogP contribution in [-0.2, 0) is 6.54 Å². The van der Waals surface area contributed by atoms with Gasteiger partial charge in [0.15, 0.2) is 11.7 Å². The van der Waals surface area contributed by atoms with E-state index < -0.39 is 5.91 Å².